The predicted molar refractivity (Wildman–Crippen MR) is 79.6 cm³/mol. The zero-order chi connectivity index (χ0) is 15.4. The quantitative estimate of drug-likeness (QED) is 0.665. The molecule has 1 aromatic heterocycles. The van der Waals surface area contributed by atoms with Crippen LogP contribution in [0.15, 0.2) is 36.7 Å². The van der Waals surface area contributed by atoms with Crippen LogP contribution in [0.5, 0.6) is 0 Å². The number of aromatic nitrogens is 1. The number of hydrogen-bond donors (Lipinski definition) is 2. The van der Waals surface area contributed by atoms with Crippen LogP contribution in [0, 0.1) is 17.0 Å². The first-order chi connectivity index (χ1) is 10.0. The van der Waals surface area contributed by atoms with E-state index in [1.807, 2.05) is 6.92 Å². The highest BCUT2D eigenvalue weighted by molar-refractivity contribution is 6.05. The number of amides is 1. The Kier molecular flexibility index (Phi) is 4.13. The number of carbonyl (C=O) groups is 1. The molecule has 0 atom stereocenters. The third-order valence-electron chi connectivity index (χ3n) is 2.99. The van der Waals surface area contributed by atoms with Crippen molar-refractivity contribution in [2.75, 3.05) is 17.7 Å². The van der Waals surface area contributed by atoms with E-state index in [0.717, 1.165) is 5.56 Å². The lowest BCUT2D eigenvalue weighted by molar-refractivity contribution is -0.384. The van der Waals surface area contributed by atoms with Gasteiger partial charge in [-0.1, -0.05) is 0 Å². The fourth-order valence-corrected chi connectivity index (χ4v) is 1.84. The summed E-state index contributed by atoms with van der Waals surface area (Å²) >= 11 is 0. The van der Waals surface area contributed by atoms with Gasteiger partial charge in [-0.05, 0) is 30.7 Å². The Hall–Kier alpha value is -2.96. The van der Waals surface area contributed by atoms with Gasteiger partial charge in [0.15, 0.2) is 0 Å². The van der Waals surface area contributed by atoms with Gasteiger partial charge in [0.2, 0.25) is 0 Å². The summed E-state index contributed by atoms with van der Waals surface area (Å²) in [7, 11) is 1.59. The second kappa shape index (κ2) is 6.00. The second-order valence-electron chi connectivity index (χ2n) is 4.38. The molecule has 0 radical (unpaired) electrons. The highest BCUT2D eigenvalue weighted by Crippen LogP contribution is 2.25. The highest BCUT2D eigenvalue weighted by atomic mass is 16.6. The van der Waals surface area contributed by atoms with E-state index in [1.54, 1.807) is 25.5 Å². The van der Waals surface area contributed by atoms with Crippen LogP contribution in [0.3, 0.4) is 0 Å². The van der Waals surface area contributed by atoms with Gasteiger partial charge in [0, 0.05) is 36.8 Å². The third-order valence-corrected chi connectivity index (χ3v) is 2.99. The monoisotopic (exact) mass is 286 g/mol. The van der Waals surface area contributed by atoms with Crippen molar-refractivity contribution in [2.24, 2.45) is 0 Å². The standard InChI is InChI=1S/C14H14N4O3/c1-9-8-16-6-5-11(9)17-14(19)10-3-4-12(15-2)13(7-10)18(20)21/h3-8,15H,1-2H3,(H,16,17,19). The van der Waals surface area contributed by atoms with Gasteiger partial charge >= 0.3 is 0 Å². The Labute approximate surface area is 121 Å². The number of nitro benzene ring substituents is 1. The van der Waals surface area contributed by atoms with Gasteiger partial charge in [-0.25, -0.2) is 0 Å². The first kappa shape index (κ1) is 14.4. The van der Waals surface area contributed by atoms with Crippen molar-refractivity contribution in [2.45, 2.75) is 6.92 Å². The number of nitrogens with one attached hydrogen (secondary N) is 2. The Morgan fingerprint density at radius 1 is 1.29 bits per heavy atom. The summed E-state index contributed by atoms with van der Waals surface area (Å²) in [6.45, 7) is 1.81. The SMILES string of the molecule is CNc1ccc(C(=O)Nc2ccncc2C)cc1[N+](=O)[O-]. The lowest BCUT2D eigenvalue weighted by Crippen LogP contribution is -2.13. The number of nitro groups is 1. The first-order valence-electron chi connectivity index (χ1n) is 6.21. The van der Waals surface area contributed by atoms with Gasteiger partial charge in [0.25, 0.3) is 11.6 Å². The molecule has 7 nitrogen and oxygen atoms in total. The fraction of sp³-hybridized carbons (Fsp3) is 0.143. The van der Waals surface area contributed by atoms with Crippen LogP contribution in [0.1, 0.15) is 15.9 Å². The van der Waals surface area contributed by atoms with Crippen molar-refractivity contribution in [1.29, 1.82) is 0 Å². The maximum absolute atomic E-state index is 12.2. The molecule has 7 heteroatoms. The van der Waals surface area contributed by atoms with Crippen LogP contribution in [0.4, 0.5) is 17.1 Å². The van der Waals surface area contributed by atoms with E-state index in [0.29, 0.717) is 11.4 Å². The van der Waals surface area contributed by atoms with E-state index in [-0.39, 0.29) is 11.3 Å². The molecule has 1 heterocycles. The Morgan fingerprint density at radius 2 is 2.05 bits per heavy atom. The van der Waals surface area contributed by atoms with Crippen LogP contribution in [0.25, 0.3) is 0 Å². The summed E-state index contributed by atoms with van der Waals surface area (Å²) < 4.78 is 0. The molecule has 0 bridgehead atoms. The molecule has 0 aliphatic carbocycles. The van der Waals surface area contributed by atoms with Crippen molar-refractivity contribution < 1.29 is 9.72 Å². The van der Waals surface area contributed by atoms with Gasteiger partial charge in [0.1, 0.15) is 5.69 Å². The van der Waals surface area contributed by atoms with Gasteiger partial charge in [-0.3, -0.25) is 19.9 Å². The molecular formula is C14H14N4O3. The number of aryl methyl sites for hydroxylation is 1. The molecule has 0 spiro atoms. The largest absolute Gasteiger partial charge is 0.383 e. The van der Waals surface area contributed by atoms with E-state index < -0.39 is 10.8 Å². The van der Waals surface area contributed by atoms with Crippen LogP contribution >= 0.6 is 0 Å². The summed E-state index contributed by atoms with van der Waals surface area (Å²) in [5.41, 5.74) is 1.87. The number of anilines is 2. The molecule has 0 fully saturated rings. The number of benzene rings is 1. The van der Waals surface area contributed by atoms with E-state index in [2.05, 4.69) is 15.6 Å². The molecule has 0 saturated carbocycles. The maximum Gasteiger partial charge on any atom is 0.293 e. The fourth-order valence-electron chi connectivity index (χ4n) is 1.84. The van der Waals surface area contributed by atoms with Gasteiger partial charge < -0.3 is 10.6 Å². The minimum atomic E-state index is -0.527. The average molecular weight is 286 g/mol. The lowest BCUT2D eigenvalue weighted by atomic mass is 10.1. The molecule has 108 valence electrons. The zero-order valence-electron chi connectivity index (χ0n) is 11.6. The molecular weight excluding hydrogens is 272 g/mol. The molecule has 0 aliphatic heterocycles. The molecule has 1 aromatic carbocycles. The van der Waals surface area contributed by atoms with Crippen LogP contribution in [0.2, 0.25) is 0 Å². The van der Waals surface area contributed by atoms with Crippen molar-refractivity contribution in [1.82, 2.24) is 4.98 Å². The van der Waals surface area contributed by atoms with Crippen LogP contribution < -0.4 is 10.6 Å². The van der Waals surface area contributed by atoms with Crippen molar-refractivity contribution >= 4 is 23.0 Å². The Bertz CT molecular complexity index is 700. The van der Waals surface area contributed by atoms with E-state index in [4.69, 9.17) is 0 Å². The number of nitrogens with zero attached hydrogens (tertiary/aromatic N) is 2. The Balaban J connectivity index is 2.30. The Morgan fingerprint density at radius 3 is 2.67 bits per heavy atom. The van der Waals surface area contributed by atoms with E-state index in [1.165, 1.54) is 18.2 Å². The van der Waals surface area contributed by atoms with Crippen molar-refractivity contribution in [3.8, 4) is 0 Å². The molecule has 2 aromatic rings. The lowest BCUT2D eigenvalue weighted by Gasteiger charge is -2.08. The second-order valence-corrected chi connectivity index (χ2v) is 4.38. The molecule has 1 amide bonds. The first-order valence-corrected chi connectivity index (χ1v) is 6.21. The van der Waals surface area contributed by atoms with Crippen molar-refractivity contribution in [3.05, 3.63) is 57.9 Å². The number of hydrogen-bond acceptors (Lipinski definition) is 5. The number of pyridine rings is 1. The van der Waals surface area contributed by atoms with Gasteiger partial charge in [-0.2, -0.15) is 0 Å². The number of rotatable bonds is 4. The zero-order valence-corrected chi connectivity index (χ0v) is 11.6. The summed E-state index contributed by atoms with van der Waals surface area (Å²) in [4.78, 5) is 26.6. The molecule has 2 rings (SSSR count). The topological polar surface area (TPSA) is 97.2 Å². The minimum absolute atomic E-state index is 0.142. The van der Waals surface area contributed by atoms with E-state index >= 15 is 0 Å². The van der Waals surface area contributed by atoms with Crippen molar-refractivity contribution in [3.63, 3.8) is 0 Å². The highest BCUT2D eigenvalue weighted by Gasteiger charge is 2.17. The summed E-state index contributed by atoms with van der Waals surface area (Å²) in [5, 5.41) is 16.4. The van der Waals surface area contributed by atoms with E-state index in [9.17, 15) is 14.9 Å². The minimum Gasteiger partial charge on any atom is -0.383 e. The maximum atomic E-state index is 12.2. The molecule has 0 aliphatic rings. The molecule has 21 heavy (non-hydrogen) atoms. The average Bonchev–Trinajstić information content (AvgIpc) is 2.48. The molecule has 0 unspecified atom stereocenters. The van der Waals surface area contributed by atoms with Gasteiger partial charge in [-0.15, -0.1) is 0 Å². The summed E-state index contributed by atoms with van der Waals surface area (Å²) in [5.74, 6) is -0.407. The van der Waals surface area contributed by atoms with Crippen LogP contribution in [-0.2, 0) is 0 Å². The smallest absolute Gasteiger partial charge is 0.293 e. The third kappa shape index (κ3) is 3.14. The summed E-state index contributed by atoms with van der Waals surface area (Å²) in [6, 6.07) is 5.96. The van der Waals surface area contributed by atoms with Gasteiger partial charge in [0.05, 0.1) is 4.92 Å². The number of carbonyl (C=O) groups excluding carboxylic acids is 1. The molecule has 0 saturated heterocycles. The molecule has 2 N–H and O–H groups in total. The predicted octanol–water partition coefficient (Wildman–Crippen LogP) is 2.59. The summed E-state index contributed by atoms with van der Waals surface area (Å²) in [6.07, 6.45) is 3.19. The normalized spacial score (nSPS) is 10.0. The van der Waals surface area contributed by atoms with Crippen LogP contribution in [-0.4, -0.2) is 22.9 Å².